The first-order valence-electron chi connectivity index (χ1n) is 8.26. The molecule has 7 heteroatoms. The van der Waals surface area contributed by atoms with Crippen LogP contribution in [0.25, 0.3) is 10.8 Å². The Morgan fingerprint density at radius 2 is 1.96 bits per heavy atom. The number of carbonyl (C=O) groups excluding carboxylic acids is 1. The van der Waals surface area contributed by atoms with Gasteiger partial charge in [-0.05, 0) is 42.1 Å². The summed E-state index contributed by atoms with van der Waals surface area (Å²) in [5.41, 5.74) is 0.780. The standard InChI is InChI=1S/C20H17FN4O2/c1-12(17-11-23-19(26)16-6-4-3-5-15(16)17)25(2)20(27)24-14-7-8-18(21)13(9-14)10-22/h3-9,11-12H,1-2H3,(H,23,26)(H,24,27)/t12-/m0/s1. The number of nitrogens with zero attached hydrogens (tertiary/aromatic N) is 2. The van der Waals surface area contributed by atoms with E-state index in [1.165, 1.54) is 17.0 Å². The van der Waals surface area contributed by atoms with Crippen molar-refractivity contribution in [2.45, 2.75) is 13.0 Å². The second kappa shape index (κ2) is 7.30. The summed E-state index contributed by atoms with van der Waals surface area (Å²) in [4.78, 5) is 28.7. The Bertz CT molecular complexity index is 1120. The van der Waals surface area contributed by atoms with Crippen LogP contribution in [-0.4, -0.2) is 23.0 Å². The topological polar surface area (TPSA) is 89.0 Å². The fourth-order valence-electron chi connectivity index (χ4n) is 2.86. The average molecular weight is 364 g/mol. The number of hydrogen-bond acceptors (Lipinski definition) is 3. The zero-order valence-electron chi connectivity index (χ0n) is 14.8. The lowest BCUT2D eigenvalue weighted by Crippen LogP contribution is -2.34. The summed E-state index contributed by atoms with van der Waals surface area (Å²) in [6.45, 7) is 1.84. The molecule has 1 atom stereocenters. The molecule has 0 saturated carbocycles. The number of anilines is 1. The molecular formula is C20H17FN4O2. The number of rotatable bonds is 3. The summed E-state index contributed by atoms with van der Waals surface area (Å²) >= 11 is 0. The first-order chi connectivity index (χ1) is 12.9. The number of halogens is 1. The highest BCUT2D eigenvalue weighted by Crippen LogP contribution is 2.25. The van der Waals surface area contributed by atoms with Crippen molar-refractivity contribution in [1.82, 2.24) is 9.88 Å². The largest absolute Gasteiger partial charge is 0.328 e. The fourth-order valence-corrected chi connectivity index (χ4v) is 2.86. The van der Waals surface area contributed by atoms with Gasteiger partial charge in [0.05, 0.1) is 11.6 Å². The Balaban J connectivity index is 1.87. The second-order valence-corrected chi connectivity index (χ2v) is 6.14. The molecule has 0 unspecified atom stereocenters. The summed E-state index contributed by atoms with van der Waals surface area (Å²) in [7, 11) is 1.62. The minimum Gasteiger partial charge on any atom is -0.328 e. The quantitative estimate of drug-likeness (QED) is 0.741. The van der Waals surface area contributed by atoms with Gasteiger partial charge in [0.25, 0.3) is 5.56 Å². The van der Waals surface area contributed by atoms with Crippen LogP contribution >= 0.6 is 0 Å². The summed E-state index contributed by atoms with van der Waals surface area (Å²) in [6.07, 6.45) is 1.60. The first-order valence-corrected chi connectivity index (χ1v) is 8.26. The number of hydrogen-bond donors (Lipinski definition) is 2. The zero-order chi connectivity index (χ0) is 19.6. The summed E-state index contributed by atoms with van der Waals surface area (Å²) in [5, 5.41) is 12.9. The van der Waals surface area contributed by atoms with Gasteiger partial charge in [0, 0.05) is 24.3 Å². The van der Waals surface area contributed by atoms with Crippen molar-refractivity contribution in [3.05, 3.63) is 76.0 Å². The molecule has 2 amide bonds. The molecule has 0 bridgehead atoms. The van der Waals surface area contributed by atoms with Gasteiger partial charge in [-0.1, -0.05) is 18.2 Å². The Labute approximate surface area is 154 Å². The predicted molar refractivity (Wildman–Crippen MR) is 101 cm³/mol. The number of nitriles is 1. The summed E-state index contributed by atoms with van der Waals surface area (Å²) in [5.74, 6) is -0.642. The van der Waals surface area contributed by atoms with Gasteiger partial charge >= 0.3 is 6.03 Å². The monoisotopic (exact) mass is 364 g/mol. The molecule has 0 fully saturated rings. The Morgan fingerprint density at radius 3 is 2.67 bits per heavy atom. The number of amides is 2. The smallest absolute Gasteiger partial charge is 0.322 e. The number of benzene rings is 2. The molecule has 0 aliphatic rings. The van der Waals surface area contributed by atoms with Gasteiger partial charge in [-0.2, -0.15) is 5.26 Å². The highest BCUT2D eigenvalue weighted by molar-refractivity contribution is 5.90. The molecule has 0 radical (unpaired) electrons. The molecule has 2 aromatic carbocycles. The lowest BCUT2D eigenvalue weighted by molar-refractivity contribution is 0.208. The Morgan fingerprint density at radius 1 is 1.26 bits per heavy atom. The van der Waals surface area contributed by atoms with Crippen molar-refractivity contribution >= 4 is 22.5 Å². The number of fused-ring (bicyclic) bond motifs is 1. The van der Waals surface area contributed by atoms with Crippen molar-refractivity contribution in [3.63, 3.8) is 0 Å². The van der Waals surface area contributed by atoms with Crippen LogP contribution < -0.4 is 10.9 Å². The molecule has 3 aromatic rings. The van der Waals surface area contributed by atoms with E-state index in [1.54, 1.807) is 31.4 Å². The van der Waals surface area contributed by atoms with E-state index in [-0.39, 0.29) is 17.2 Å². The number of H-pyrrole nitrogens is 1. The number of aromatic nitrogens is 1. The van der Waals surface area contributed by atoms with Crippen molar-refractivity contribution in [1.29, 1.82) is 5.26 Å². The molecule has 6 nitrogen and oxygen atoms in total. The van der Waals surface area contributed by atoms with Crippen LogP contribution in [0.3, 0.4) is 0 Å². The maximum absolute atomic E-state index is 13.4. The predicted octanol–water partition coefficient (Wildman–Crippen LogP) is 3.76. The van der Waals surface area contributed by atoms with E-state index >= 15 is 0 Å². The van der Waals surface area contributed by atoms with Crippen LogP contribution in [0.4, 0.5) is 14.9 Å². The van der Waals surface area contributed by atoms with Gasteiger partial charge in [-0.15, -0.1) is 0 Å². The van der Waals surface area contributed by atoms with Gasteiger partial charge in [-0.25, -0.2) is 9.18 Å². The molecule has 0 spiro atoms. The molecule has 0 aliphatic heterocycles. The number of aromatic amines is 1. The molecule has 1 heterocycles. The molecule has 0 saturated heterocycles. The van der Waals surface area contributed by atoms with Gasteiger partial charge in [0.2, 0.25) is 0 Å². The van der Waals surface area contributed by atoms with E-state index in [1.807, 2.05) is 19.1 Å². The fraction of sp³-hybridized carbons (Fsp3) is 0.150. The third-order valence-corrected chi connectivity index (χ3v) is 4.53. The molecule has 2 N–H and O–H groups in total. The van der Waals surface area contributed by atoms with E-state index in [0.717, 1.165) is 17.0 Å². The maximum Gasteiger partial charge on any atom is 0.322 e. The van der Waals surface area contributed by atoms with E-state index in [4.69, 9.17) is 5.26 Å². The minimum absolute atomic E-state index is 0.143. The van der Waals surface area contributed by atoms with Crippen LogP contribution in [0.5, 0.6) is 0 Å². The Hall–Kier alpha value is -3.66. The van der Waals surface area contributed by atoms with Crippen LogP contribution in [0.2, 0.25) is 0 Å². The lowest BCUT2D eigenvalue weighted by atomic mass is 10.0. The average Bonchev–Trinajstić information content (AvgIpc) is 2.68. The minimum atomic E-state index is -0.642. The number of nitrogens with one attached hydrogen (secondary N) is 2. The number of pyridine rings is 1. The van der Waals surface area contributed by atoms with Gasteiger partial charge in [0.1, 0.15) is 11.9 Å². The van der Waals surface area contributed by atoms with Crippen LogP contribution in [-0.2, 0) is 0 Å². The molecule has 0 aliphatic carbocycles. The molecule has 1 aromatic heterocycles. The normalized spacial score (nSPS) is 11.6. The maximum atomic E-state index is 13.4. The third-order valence-electron chi connectivity index (χ3n) is 4.53. The summed E-state index contributed by atoms with van der Waals surface area (Å²) in [6, 6.07) is 12.0. The first kappa shape index (κ1) is 18.1. The van der Waals surface area contributed by atoms with Crippen LogP contribution in [0.1, 0.15) is 24.1 Å². The molecular weight excluding hydrogens is 347 g/mol. The second-order valence-electron chi connectivity index (χ2n) is 6.14. The van der Waals surface area contributed by atoms with Crippen LogP contribution in [0.15, 0.2) is 53.5 Å². The van der Waals surface area contributed by atoms with Crippen molar-refractivity contribution < 1.29 is 9.18 Å². The van der Waals surface area contributed by atoms with E-state index in [9.17, 15) is 14.0 Å². The molecule has 27 heavy (non-hydrogen) atoms. The molecule has 3 rings (SSSR count). The van der Waals surface area contributed by atoms with E-state index in [0.29, 0.717) is 11.1 Å². The van der Waals surface area contributed by atoms with Gasteiger partial charge in [-0.3, -0.25) is 4.79 Å². The van der Waals surface area contributed by atoms with Crippen molar-refractivity contribution in [3.8, 4) is 6.07 Å². The third kappa shape index (κ3) is 3.51. The number of urea groups is 1. The number of carbonyl (C=O) groups is 1. The summed E-state index contributed by atoms with van der Waals surface area (Å²) < 4.78 is 13.4. The Kier molecular flexibility index (Phi) is 4.90. The molecule has 136 valence electrons. The van der Waals surface area contributed by atoms with Gasteiger partial charge < -0.3 is 15.2 Å². The van der Waals surface area contributed by atoms with Crippen molar-refractivity contribution in [2.75, 3.05) is 12.4 Å². The van der Waals surface area contributed by atoms with E-state index in [2.05, 4.69) is 10.3 Å². The highest BCUT2D eigenvalue weighted by atomic mass is 19.1. The lowest BCUT2D eigenvalue weighted by Gasteiger charge is -2.26. The van der Waals surface area contributed by atoms with E-state index < -0.39 is 11.8 Å². The highest BCUT2D eigenvalue weighted by Gasteiger charge is 2.20. The van der Waals surface area contributed by atoms with Crippen molar-refractivity contribution in [2.24, 2.45) is 0 Å². The zero-order valence-corrected chi connectivity index (χ0v) is 14.8. The SMILES string of the molecule is C[C@@H](c1c[nH]c(=O)c2ccccc12)N(C)C(=O)Nc1ccc(F)c(C#N)c1. The van der Waals surface area contributed by atoms with Crippen LogP contribution in [0, 0.1) is 17.1 Å². The van der Waals surface area contributed by atoms with Gasteiger partial charge in [0.15, 0.2) is 0 Å².